The molecule has 0 saturated heterocycles. The molecule has 1 aliphatic carbocycles. The summed E-state index contributed by atoms with van der Waals surface area (Å²) in [4.78, 5) is 0. The molecule has 0 N–H and O–H groups in total. The molecule has 0 aliphatic heterocycles. The molecule has 2 aromatic carbocycles. The third kappa shape index (κ3) is 1.65. The summed E-state index contributed by atoms with van der Waals surface area (Å²) in [6.45, 7) is 0. The summed E-state index contributed by atoms with van der Waals surface area (Å²) in [5, 5.41) is 0. The van der Waals surface area contributed by atoms with Gasteiger partial charge < -0.3 is 9.47 Å². The van der Waals surface area contributed by atoms with Gasteiger partial charge in [0.05, 0.1) is 0 Å². The second-order valence-corrected chi connectivity index (χ2v) is 4.51. The average Bonchev–Trinajstić information content (AvgIpc) is 2.80. The van der Waals surface area contributed by atoms with Crippen LogP contribution in [-0.4, -0.2) is 14.2 Å². The van der Waals surface area contributed by atoms with E-state index in [0.717, 1.165) is 12.0 Å². The van der Waals surface area contributed by atoms with Gasteiger partial charge in [-0.1, -0.05) is 42.5 Å². The van der Waals surface area contributed by atoms with E-state index in [-0.39, 0.29) is 6.29 Å². The Morgan fingerprint density at radius 3 is 2.39 bits per heavy atom. The summed E-state index contributed by atoms with van der Waals surface area (Å²) >= 11 is 0. The van der Waals surface area contributed by atoms with Gasteiger partial charge in [0.15, 0.2) is 6.29 Å². The van der Waals surface area contributed by atoms with Crippen molar-refractivity contribution < 1.29 is 9.47 Å². The first kappa shape index (κ1) is 11.5. The Kier molecular flexibility index (Phi) is 2.90. The van der Waals surface area contributed by atoms with E-state index in [1.54, 1.807) is 14.2 Å². The molecule has 2 heteroatoms. The van der Waals surface area contributed by atoms with Crippen LogP contribution in [0.3, 0.4) is 0 Å². The minimum absolute atomic E-state index is 0.283. The molecule has 0 atom stereocenters. The highest BCUT2D eigenvalue weighted by atomic mass is 16.7. The fraction of sp³-hybridized carbons (Fsp3) is 0.250. The summed E-state index contributed by atoms with van der Waals surface area (Å²) < 4.78 is 10.8. The van der Waals surface area contributed by atoms with Crippen LogP contribution < -0.4 is 0 Å². The number of methoxy groups -OCH3 is 2. The monoisotopic (exact) mass is 240 g/mol. The van der Waals surface area contributed by atoms with Gasteiger partial charge in [0.1, 0.15) is 0 Å². The molecule has 1 aliphatic rings. The largest absolute Gasteiger partial charge is 0.352 e. The van der Waals surface area contributed by atoms with Gasteiger partial charge in [-0.25, -0.2) is 0 Å². The molecule has 0 saturated carbocycles. The van der Waals surface area contributed by atoms with Crippen LogP contribution in [-0.2, 0) is 15.9 Å². The average molecular weight is 240 g/mol. The topological polar surface area (TPSA) is 18.5 Å². The number of fused-ring (bicyclic) bond motifs is 3. The quantitative estimate of drug-likeness (QED) is 0.652. The second-order valence-electron chi connectivity index (χ2n) is 4.51. The minimum atomic E-state index is -0.283. The molecule has 0 amide bonds. The Morgan fingerprint density at radius 2 is 1.61 bits per heavy atom. The molecule has 0 heterocycles. The van der Waals surface area contributed by atoms with Crippen molar-refractivity contribution in [3.63, 3.8) is 0 Å². The van der Waals surface area contributed by atoms with Gasteiger partial charge in [-0.15, -0.1) is 0 Å². The molecule has 2 aromatic rings. The smallest absolute Gasteiger partial charge is 0.183 e. The van der Waals surface area contributed by atoms with Crippen LogP contribution in [0.15, 0.2) is 42.5 Å². The molecule has 0 fully saturated rings. The van der Waals surface area contributed by atoms with Crippen molar-refractivity contribution in [1.29, 1.82) is 0 Å². The van der Waals surface area contributed by atoms with Crippen molar-refractivity contribution in [2.24, 2.45) is 0 Å². The molecule has 2 nitrogen and oxygen atoms in total. The molecule has 0 spiro atoms. The van der Waals surface area contributed by atoms with Gasteiger partial charge in [-0.05, 0) is 28.7 Å². The number of benzene rings is 2. The normalized spacial score (nSPS) is 12.6. The zero-order chi connectivity index (χ0) is 12.5. The van der Waals surface area contributed by atoms with E-state index < -0.39 is 0 Å². The molecule has 0 aromatic heterocycles. The summed E-state index contributed by atoms with van der Waals surface area (Å²) in [6.07, 6.45) is 0.680. The Balaban J connectivity index is 2.14. The first-order chi connectivity index (χ1) is 8.85. The van der Waals surface area contributed by atoms with Crippen LogP contribution in [0.2, 0.25) is 0 Å². The molecule has 18 heavy (non-hydrogen) atoms. The summed E-state index contributed by atoms with van der Waals surface area (Å²) in [5.41, 5.74) is 6.48. The Hall–Kier alpha value is -1.64. The van der Waals surface area contributed by atoms with Crippen LogP contribution in [0.1, 0.15) is 23.0 Å². The molecule has 92 valence electrons. The van der Waals surface area contributed by atoms with Crippen LogP contribution in [0.4, 0.5) is 0 Å². The number of rotatable bonds is 3. The zero-order valence-corrected chi connectivity index (χ0v) is 10.6. The predicted octanol–water partition coefficient (Wildman–Crippen LogP) is 3.55. The van der Waals surface area contributed by atoms with Crippen molar-refractivity contribution in [2.45, 2.75) is 12.7 Å². The maximum atomic E-state index is 5.39. The van der Waals surface area contributed by atoms with E-state index in [9.17, 15) is 0 Å². The van der Waals surface area contributed by atoms with E-state index in [0.29, 0.717) is 0 Å². The molecule has 0 unspecified atom stereocenters. The van der Waals surface area contributed by atoms with E-state index in [1.165, 1.54) is 22.3 Å². The number of hydrogen-bond acceptors (Lipinski definition) is 2. The van der Waals surface area contributed by atoms with E-state index in [1.807, 2.05) is 0 Å². The Bertz CT molecular complexity index is 571. The third-order valence-corrected chi connectivity index (χ3v) is 3.57. The highest BCUT2D eigenvalue weighted by Gasteiger charge is 2.23. The SMILES string of the molecule is COC(OC)c1cccc2c1Cc1ccccc1-2. The summed E-state index contributed by atoms with van der Waals surface area (Å²) in [5.74, 6) is 0. The molecular formula is C16H16O2. The fourth-order valence-electron chi connectivity index (χ4n) is 2.75. The van der Waals surface area contributed by atoms with Crippen LogP contribution in [0, 0.1) is 0 Å². The number of ether oxygens (including phenoxy) is 2. The third-order valence-electron chi connectivity index (χ3n) is 3.57. The lowest BCUT2D eigenvalue weighted by atomic mass is 10.0. The molecule has 0 radical (unpaired) electrons. The first-order valence-corrected chi connectivity index (χ1v) is 6.11. The van der Waals surface area contributed by atoms with Crippen molar-refractivity contribution in [3.8, 4) is 11.1 Å². The minimum Gasteiger partial charge on any atom is -0.352 e. The second kappa shape index (κ2) is 4.56. The van der Waals surface area contributed by atoms with Gasteiger partial charge in [0.25, 0.3) is 0 Å². The lowest BCUT2D eigenvalue weighted by Gasteiger charge is -2.17. The van der Waals surface area contributed by atoms with Crippen molar-refractivity contribution in [2.75, 3.05) is 14.2 Å². The van der Waals surface area contributed by atoms with E-state index in [4.69, 9.17) is 9.47 Å². The van der Waals surface area contributed by atoms with Gasteiger partial charge in [0, 0.05) is 19.8 Å². The Labute approximate surface area is 107 Å². The van der Waals surface area contributed by atoms with E-state index in [2.05, 4.69) is 42.5 Å². The van der Waals surface area contributed by atoms with Gasteiger partial charge in [-0.3, -0.25) is 0 Å². The lowest BCUT2D eigenvalue weighted by Crippen LogP contribution is -2.06. The van der Waals surface area contributed by atoms with Crippen molar-refractivity contribution in [1.82, 2.24) is 0 Å². The maximum Gasteiger partial charge on any atom is 0.183 e. The summed E-state index contributed by atoms with van der Waals surface area (Å²) in [6, 6.07) is 14.9. The standard InChI is InChI=1S/C16H16O2/c1-17-16(18-2)14-9-5-8-13-12-7-4-3-6-11(12)10-15(13)14/h3-9,16H,10H2,1-2H3. The Morgan fingerprint density at radius 1 is 0.889 bits per heavy atom. The molecule has 3 rings (SSSR count). The number of hydrogen-bond donors (Lipinski definition) is 0. The van der Waals surface area contributed by atoms with Crippen molar-refractivity contribution >= 4 is 0 Å². The maximum absolute atomic E-state index is 5.39. The van der Waals surface area contributed by atoms with Crippen LogP contribution in [0.5, 0.6) is 0 Å². The van der Waals surface area contributed by atoms with Gasteiger partial charge >= 0.3 is 0 Å². The molecule has 0 bridgehead atoms. The summed E-state index contributed by atoms with van der Waals surface area (Å²) in [7, 11) is 3.35. The highest BCUT2D eigenvalue weighted by Crippen LogP contribution is 2.40. The predicted molar refractivity (Wildman–Crippen MR) is 71.4 cm³/mol. The van der Waals surface area contributed by atoms with Crippen molar-refractivity contribution in [3.05, 3.63) is 59.2 Å². The highest BCUT2D eigenvalue weighted by molar-refractivity contribution is 5.77. The zero-order valence-electron chi connectivity index (χ0n) is 10.6. The van der Waals surface area contributed by atoms with Crippen LogP contribution in [0.25, 0.3) is 11.1 Å². The lowest BCUT2D eigenvalue weighted by molar-refractivity contribution is -0.106. The molecular weight excluding hydrogens is 224 g/mol. The van der Waals surface area contributed by atoms with Crippen LogP contribution >= 0.6 is 0 Å². The fourth-order valence-corrected chi connectivity index (χ4v) is 2.75. The van der Waals surface area contributed by atoms with Gasteiger partial charge in [0.2, 0.25) is 0 Å². The van der Waals surface area contributed by atoms with E-state index >= 15 is 0 Å². The van der Waals surface area contributed by atoms with Gasteiger partial charge in [-0.2, -0.15) is 0 Å². The first-order valence-electron chi connectivity index (χ1n) is 6.11.